The molecular weight excluding hydrogens is 358 g/mol. The van der Waals surface area contributed by atoms with E-state index in [1.165, 1.54) is 11.8 Å². The molecule has 0 bridgehead atoms. The van der Waals surface area contributed by atoms with Gasteiger partial charge in [0.25, 0.3) is 0 Å². The number of aromatic nitrogens is 3. The predicted octanol–water partition coefficient (Wildman–Crippen LogP) is 2.91. The summed E-state index contributed by atoms with van der Waals surface area (Å²) in [6.07, 6.45) is 0. The fourth-order valence-corrected chi connectivity index (χ4v) is 3.27. The molecule has 8 heteroatoms. The van der Waals surface area contributed by atoms with Crippen molar-refractivity contribution >= 4 is 29.2 Å². The topological polar surface area (TPSA) is 85.8 Å². The third-order valence-corrected chi connectivity index (χ3v) is 4.84. The summed E-state index contributed by atoms with van der Waals surface area (Å²) in [6.45, 7) is 0.469. The van der Waals surface area contributed by atoms with Gasteiger partial charge in [-0.1, -0.05) is 71.9 Å². The van der Waals surface area contributed by atoms with Crippen LogP contribution in [0.3, 0.4) is 0 Å². The molecule has 0 unspecified atom stereocenters. The van der Waals surface area contributed by atoms with Crippen molar-refractivity contribution in [2.24, 2.45) is 0 Å². The Morgan fingerprint density at radius 1 is 1.08 bits per heavy atom. The van der Waals surface area contributed by atoms with Crippen molar-refractivity contribution in [3.63, 3.8) is 0 Å². The number of nitrogens with two attached hydrogens (primary N) is 1. The lowest BCUT2D eigenvalue weighted by atomic mass is 10.2. The van der Waals surface area contributed by atoms with Gasteiger partial charge in [-0.2, -0.15) is 4.68 Å². The van der Waals surface area contributed by atoms with Crippen molar-refractivity contribution < 1.29 is 0 Å². The highest BCUT2D eigenvalue weighted by molar-refractivity contribution is 7.98. The van der Waals surface area contributed by atoms with Crippen molar-refractivity contribution in [1.29, 1.82) is 0 Å². The molecular formula is C17H16ClN5OS. The Morgan fingerprint density at radius 2 is 1.80 bits per heavy atom. The molecule has 3 aromatic rings. The van der Waals surface area contributed by atoms with E-state index in [-0.39, 0.29) is 5.82 Å². The van der Waals surface area contributed by atoms with Crippen LogP contribution in [-0.4, -0.2) is 14.9 Å². The fourth-order valence-electron chi connectivity index (χ4n) is 2.13. The van der Waals surface area contributed by atoms with Gasteiger partial charge in [-0.05, 0) is 17.2 Å². The maximum absolute atomic E-state index is 12.3. The van der Waals surface area contributed by atoms with E-state index in [1.807, 2.05) is 54.6 Å². The predicted molar refractivity (Wildman–Crippen MR) is 101 cm³/mol. The molecule has 0 atom stereocenters. The number of nitrogen functional groups attached to an aromatic ring is 1. The molecule has 0 amide bonds. The van der Waals surface area contributed by atoms with E-state index >= 15 is 0 Å². The second-order valence-corrected chi connectivity index (χ2v) is 6.58. The second kappa shape index (κ2) is 8.04. The van der Waals surface area contributed by atoms with Crippen LogP contribution in [0, 0.1) is 0 Å². The molecule has 2 aromatic carbocycles. The van der Waals surface area contributed by atoms with Gasteiger partial charge in [0.2, 0.25) is 11.0 Å². The lowest BCUT2D eigenvalue weighted by Crippen LogP contribution is -2.32. The molecule has 3 rings (SSSR count). The van der Waals surface area contributed by atoms with Crippen molar-refractivity contribution in [3.8, 4) is 0 Å². The average Bonchev–Trinajstić information content (AvgIpc) is 2.64. The quantitative estimate of drug-likeness (QED) is 0.510. The van der Waals surface area contributed by atoms with Crippen LogP contribution < -0.4 is 16.7 Å². The minimum Gasteiger partial charge on any atom is -0.360 e. The van der Waals surface area contributed by atoms with Crippen LogP contribution in [0.25, 0.3) is 0 Å². The van der Waals surface area contributed by atoms with Gasteiger partial charge in [-0.15, -0.1) is 10.2 Å². The standard InChI is InChI=1S/C17H16ClN5OS/c18-14-9-5-4-8-13(14)11-25-17-22-21-15(16(24)23(17)19)20-10-12-6-2-1-3-7-12/h1-9H,10-11,19H2,(H,20,21). The normalized spacial score (nSPS) is 10.6. The van der Waals surface area contributed by atoms with Crippen LogP contribution in [0.4, 0.5) is 5.82 Å². The molecule has 0 aliphatic carbocycles. The summed E-state index contributed by atoms with van der Waals surface area (Å²) in [7, 11) is 0. The van der Waals surface area contributed by atoms with Crippen LogP contribution >= 0.6 is 23.4 Å². The highest BCUT2D eigenvalue weighted by Gasteiger charge is 2.11. The molecule has 25 heavy (non-hydrogen) atoms. The molecule has 0 aliphatic heterocycles. The van der Waals surface area contributed by atoms with E-state index in [0.717, 1.165) is 15.8 Å². The SMILES string of the molecule is Nn1c(SCc2ccccc2Cl)nnc(NCc2ccccc2)c1=O. The molecule has 0 saturated heterocycles. The number of anilines is 1. The highest BCUT2D eigenvalue weighted by Crippen LogP contribution is 2.24. The number of nitrogens with zero attached hydrogens (tertiary/aromatic N) is 3. The monoisotopic (exact) mass is 373 g/mol. The first-order valence-electron chi connectivity index (χ1n) is 7.54. The molecule has 0 fully saturated rings. The zero-order valence-corrected chi connectivity index (χ0v) is 14.8. The summed E-state index contributed by atoms with van der Waals surface area (Å²) in [5.74, 6) is 6.52. The van der Waals surface area contributed by atoms with Gasteiger partial charge in [0.15, 0.2) is 0 Å². The molecule has 0 aliphatic rings. The summed E-state index contributed by atoms with van der Waals surface area (Å²) in [5.41, 5.74) is 1.55. The van der Waals surface area contributed by atoms with E-state index in [1.54, 1.807) is 0 Å². The van der Waals surface area contributed by atoms with Crippen molar-refractivity contribution in [3.05, 3.63) is 81.1 Å². The van der Waals surface area contributed by atoms with Gasteiger partial charge >= 0.3 is 5.56 Å². The van der Waals surface area contributed by atoms with E-state index in [4.69, 9.17) is 17.4 Å². The Bertz CT molecular complexity index is 916. The highest BCUT2D eigenvalue weighted by atomic mass is 35.5. The van der Waals surface area contributed by atoms with E-state index in [2.05, 4.69) is 15.5 Å². The summed E-state index contributed by atoms with van der Waals surface area (Å²) >= 11 is 7.43. The zero-order valence-electron chi connectivity index (χ0n) is 13.2. The summed E-state index contributed by atoms with van der Waals surface area (Å²) in [6, 6.07) is 17.2. The van der Waals surface area contributed by atoms with Gasteiger partial charge in [0.1, 0.15) is 0 Å². The van der Waals surface area contributed by atoms with E-state index in [9.17, 15) is 4.79 Å². The molecule has 1 aromatic heterocycles. The van der Waals surface area contributed by atoms with Gasteiger partial charge in [0, 0.05) is 17.3 Å². The van der Waals surface area contributed by atoms with Crippen LogP contribution in [-0.2, 0) is 12.3 Å². The number of rotatable bonds is 6. The number of hydrogen-bond donors (Lipinski definition) is 2. The average molecular weight is 374 g/mol. The number of thioether (sulfide) groups is 1. The van der Waals surface area contributed by atoms with Crippen LogP contribution in [0.2, 0.25) is 5.02 Å². The maximum atomic E-state index is 12.3. The lowest BCUT2D eigenvalue weighted by Gasteiger charge is -2.09. The first-order valence-corrected chi connectivity index (χ1v) is 8.90. The summed E-state index contributed by atoms with van der Waals surface area (Å²) in [4.78, 5) is 12.3. The Morgan fingerprint density at radius 3 is 2.56 bits per heavy atom. The molecule has 0 radical (unpaired) electrons. The fraction of sp³-hybridized carbons (Fsp3) is 0.118. The number of halogens is 1. The number of hydrogen-bond acceptors (Lipinski definition) is 6. The lowest BCUT2D eigenvalue weighted by molar-refractivity contribution is 0.701. The summed E-state index contributed by atoms with van der Waals surface area (Å²) < 4.78 is 1.00. The van der Waals surface area contributed by atoms with Crippen molar-refractivity contribution in [2.75, 3.05) is 11.2 Å². The molecule has 1 heterocycles. The number of nitrogens with one attached hydrogen (secondary N) is 1. The molecule has 0 saturated carbocycles. The molecule has 0 spiro atoms. The van der Waals surface area contributed by atoms with Crippen LogP contribution in [0.5, 0.6) is 0 Å². The largest absolute Gasteiger partial charge is 0.360 e. The van der Waals surface area contributed by atoms with Crippen LogP contribution in [0.1, 0.15) is 11.1 Å². The van der Waals surface area contributed by atoms with Crippen molar-refractivity contribution in [2.45, 2.75) is 17.5 Å². The smallest absolute Gasteiger partial charge is 0.315 e. The molecule has 3 N–H and O–H groups in total. The first kappa shape index (κ1) is 17.3. The van der Waals surface area contributed by atoms with Gasteiger partial charge in [0.05, 0.1) is 0 Å². The Labute approximate surface area is 154 Å². The molecule has 128 valence electrons. The Hall–Kier alpha value is -2.51. The van der Waals surface area contributed by atoms with Crippen molar-refractivity contribution in [1.82, 2.24) is 14.9 Å². The van der Waals surface area contributed by atoms with Gasteiger partial charge < -0.3 is 11.2 Å². The zero-order chi connectivity index (χ0) is 17.6. The second-order valence-electron chi connectivity index (χ2n) is 5.23. The maximum Gasteiger partial charge on any atom is 0.315 e. The Kier molecular flexibility index (Phi) is 5.57. The third-order valence-electron chi connectivity index (χ3n) is 3.48. The number of benzene rings is 2. The molecule has 6 nitrogen and oxygen atoms in total. The minimum atomic E-state index is -0.424. The minimum absolute atomic E-state index is 0.119. The third kappa shape index (κ3) is 4.32. The first-order chi connectivity index (χ1) is 12.1. The van der Waals surface area contributed by atoms with Crippen LogP contribution in [0.15, 0.2) is 64.5 Å². The Balaban J connectivity index is 1.70. The van der Waals surface area contributed by atoms with E-state index < -0.39 is 5.56 Å². The van der Waals surface area contributed by atoms with Gasteiger partial charge in [-0.3, -0.25) is 4.79 Å². The summed E-state index contributed by atoms with van der Waals surface area (Å²) in [5, 5.41) is 12.0. The van der Waals surface area contributed by atoms with E-state index in [0.29, 0.717) is 22.5 Å². The van der Waals surface area contributed by atoms with Gasteiger partial charge in [-0.25, -0.2) is 0 Å².